The number of benzene rings is 1. The van der Waals surface area contributed by atoms with Crippen LogP contribution in [0.1, 0.15) is 12.5 Å². The van der Waals surface area contributed by atoms with E-state index in [4.69, 9.17) is 9.84 Å². The van der Waals surface area contributed by atoms with Crippen LogP contribution in [0.5, 0.6) is 5.75 Å². The number of nitrogens with zero attached hydrogens (tertiary/aromatic N) is 1. The Morgan fingerprint density at radius 3 is 2.56 bits per heavy atom. The van der Waals surface area contributed by atoms with E-state index in [1.165, 1.54) is 38.3 Å². The summed E-state index contributed by atoms with van der Waals surface area (Å²) in [6.07, 6.45) is 1.25. The van der Waals surface area contributed by atoms with E-state index in [1.807, 2.05) is 0 Å². The monoisotopic (exact) mass is 273 g/mol. The molecule has 0 bridgehead atoms. The van der Waals surface area contributed by atoms with E-state index >= 15 is 0 Å². The van der Waals surface area contributed by atoms with Gasteiger partial charge in [-0.2, -0.15) is 0 Å². The number of methoxy groups -OCH3 is 1. The number of carboxylic acid groups (broad SMARTS) is 1. The third-order valence-corrected chi connectivity index (χ3v) is 2.14. The predicted molar refractivity (Wildman–Crippen MR) is 68.2 cm³/mol. The molecular weight excluding hydrogens is 262 g/mol. The van der Waals surface area contributed by atoms with Gasteiger partial charge in [0, 0.05) is 5.57 Å². The number of aliphatic carboxylic acids is 1. The van der Waals surface area contributed by atoms with Gasteiger partial charge in [-0.1, -0.05) is 0 Å². The summed E-state index contributed by atoms with van der Waals surface area (Å²) in [7, 11) is 1.40. The minimum absolute atomic E-state index is 0. The van der Waals surface area contributed by atoms with Crippen LogP contribution >= 0.6 is 12.4 Å². The molecule has 0 fully saturated rings. The maximum atomic E-state index is 10.8. The molecule has 0 amide bonds. The quantitative estimate of drug-likeness (QED) is 0.517. The summed E-state index contributed by atoms with van der Waals surface area (Å²) in [4.78, 5) is 20.9. The Labute approximate surface area is 109 Å². The zero-order valence-corrected chi connectivity index (χ0v) is 10.6. The number of hydrogen-bond donors (Lipinski definition) is 1. The van der Waals surface area contributed by atoms with Crippen LogP contribution < -0.4 is 4.74 Å². The minimum Gasteiger partial charge on any atom is -0.497 e. The van der Waals surface area contributed by atoms with Crippen LogP contribution in [-0.2, 0) is 4.79 Å². The number of rotatable bonds is 4. The molecule has 0 aliphatic rings. The lowest BCUT2D eigenvalue weighted by Gasteiger charge is -2.02. The van der Waals surface area contributed by atoms with Crippen LogP contribution in [0.4, 0.5) is 5.69 Å². The van der Waals surface area contributed by atoms with Gasteiger partial charge in [0.1, 0.15) is 5.75 Å². The summed E-state index contributed by atoms with van der Waals surface area (Å²) in [5, 5.41) is 19.5. The summed E-state index contributed by atoms with van der Waals surface area (Å²) in [5.74, 6) is -0.767. The highest BCUT2D eigenvalue weighted by atomic mass is 35.5. The number of carbonyl (C=O) groups is 1. The fourth-order valence-electron chi connectivity index (χ4n) is 1.23. The van der Waals surface area contributed by atoms with Crippen molar-refractivity contribution in [1.29, 1.82) is 0 Å². The number of hydrogen-bond acceptors (Lipinski definition) is 4. The van der Waals surface area contributed by atoms with E-state index < -0.39 is 10.9 Å². The van der Waals surface area contributed by atoms with Crippen LogP contribution in [0, 0.1) is 10.1 Å². The SMILES string of the molecule is COc1ccc(C=C(C)C(=O)O)c([N+](=O)[O-])c1.Cl. The maximum Gasteiger partial charge on any atom is 0.331 e. The first-order valence-corrected chi connectivity index (χ1v) is 4.69. The summed E-state index contributed by atoms with van der Waals surface area (Å²) < 4.78 is 4.87. The molecule has 0 spiro atoms. The number of nitro benzene ring substituents is 1. The Morgan fingerprint density at radius 2 is 2.11 bits per heavy atom. The number of halogens is 1. The first-order valence-electron chi connectivity index (χ1n) is 4.69. The van der Waals surface area contributed by atoms with Gasteiger partial charge in [0.2, 0.25) is 0 Å². The molecule has 7 heteroatoms. The molecule has 1 aromatic rings. The van der Waals surface area contributed by atoms with Gasteiger partial charge in [-0.15, -0.1) is 12.4 Å². The third kappa shape index (κ3) is 3.74. The van der Waals surface area contributed by atoms with E-state index in [0.717, 1.165) is 0 Å². The van der Waals surface area contributed by atoms with Gasteiger partial charge in [-0.05, 0) is 25.1 Å². The Bertz CT molecular complexity index is 498. The molecular formula is C11H12ClNO5. The highest BCUT2D eigenvalue weighted by molar-refractivity contribution is 5.92. The molecule has 0 heterocycles. The average Bonchev–Trinajstić information content (AvgIpc) is 2.29. The fraction of sp³-hybridized carbons (Fsp3) is 0.182. The lowest BCUT2D eigenvalue weighted by Crippen LogP contribution is -1.98. The molecule has 0 aromatic heterocycles. The Morgan fingerprint density at radius 1 is 1.50 bits per heavy atom. The van der Waals surface area contributed by atoms with Gasteiger partial charge in [0.25, 0.3) is 5.69 Å². The smallest absolute Gasteiger partial charge is 0.331 e. The van der Waals surface area contributed by atoms with Gasteiger partial charge in [0.05, 0.1) is 23.7 Å². The van der Waals surface area contributed by atoms with E-state index in [2.05, 4.69) is 0 Å². The Hall–Kier alpha value is -2.08. The van der Waals surface area contributed by atoms with Gasteiger partial charge < -0.3 is 9.84 Å². The normalized spacial score (nSPS) is 10.4. The summed E-state index contributed by atoms with van der Waals surface area (Å²) in [5.41, 5.74) is 0.0684. The number of nitro groups is 1. The van der Waals surface area contributed by atoms with E-state index in [-0.39, 0.29) is 29.2 Å². The van der Waals surface area contributed by atoms with E-state index in [9.17, 15) is 14.9 Å². The molecule has 0 radical (unpaired) electrons. The molecule has 0 unspecified atom stereocenters. The van der Waals surface area contributed by atoms with Crippen LogP contribution in [0.25, 0.3) is 6.08 Å². The largest absolute Gasteiger partial charge is 0.497 e. The lowest BCUT2D eigenvalue weighted by atomic mass is 10.1. The first-order chi connectivity index (χ1) is 7.95. The van der Waals surface area contributed by atoms with Crippen LogP contribution in [0.3, 0.4) is 0 Å². The van der Waals surface area contributed by atoms with Crippen molar-refractivity contribution in [3.05, 3.63) is 39.4 Å². The van der Waals surface area contributed by atoms with Gasteiger partial charge >= 0.3 is 5.97 Å². The summed E-state index contributed by atoms with van der Waals surface area (Å²) in [6.45, 7) is 1.37. The van der Waals surface area contributed by atoms with Gasteiger partial charge in [-0.25, -0.2) is 4.79 Å². The highest BCUT2D eigenvalue weighted by Crippen LogP contribution is 2.26. The first kappa shape index (κ1) is 15.9. The van der Waals surface area contributed by atoms with Crippen LogP contribution in [0.2, 0.25) is 0 Å². The lowest BCUT2D eigenvalue weighted by molar-refractivity contribution is -0.385. The zero-order chi connectivity index (χ0) is 13.0. The molecule has 98 valence electrons. The van der Waals surface area contributed by atoms with Crippen molar-refractivity contribution in [3.8, 4) is 5.75 Å². The molecule has 0 atom stereocenters. The molecule has 1 aromatic carbocycles. The van der Waals surface area contributed by atoms with Crippen molar-refractivity contribution in [3.63, 3.8) is 0 Å². The van der Waals surface area contributed by atoms with Crippen LogP contribution in [0.15, 0.2) is 23.8 Å². The van der Waals surface area contributed by atoms with E-state index in [0.29, 0.717) is 5.75 Å². The number of carboxylic acids is 1. The van der Waals surface area contributed by atoms with Gasteiger partial charge in [-0.3, -0.25) is 10.1 Å². The molecule has 1 N–H and O–H groups in total. The van der Waals surface area contributed by atoms with Gasteiger partial charge in [0.15, 0.2) is 0 Å². The highest BCUT2D eigenvalue weighted by Gasteiger charge is 2.14. The molecule has 0 aliphatic carbocycles. The predicted octanol–water partition coefficient (Wildman–Crippen LogP) is 2.51. The van der Waals surface area contributed by atoms with Crippen molar-refractivity contribution < 1.29 is 19.6 Å². The molecule has 6 nitrogen and oxygen atoms in total. The standard InChI is InChI=1S/C11H11NO5.ClH/c1-7(11(13)14)5-8-3-4-9(17-2)6-10(8)12(15)16;/h3-6H,1-2H3,(H,13,14);1H. The van der Waals surface area contributed by atoms with E-state index in [1.54, 1.807) is 0 Å². The average molecular weight is 274 g/mol. The second kappa shape index (κ2) is 6.61. The van der Waals surface area contributed by atoms with Crippen molar-refractivity contribution in [2.24, 2.45) is 0 Å². The maximum absolute atomic E-state index is 10.8. The number of ether oxygens (including phenoxy) is 1. The van der Waals surface area contributed by atoms with Crippen molar-refractivity contribution in [1.82, 2.24) is 0 Å². The summed E-state index contributed by atoms with van der Waals surface area (Å²) in [6, 6.07) is 4.23. The zero-order valence-electron chi connectivity index (χ0n) is 9.75. The summed E-state index contributed by atoms with van der Waals surface area (Å²) >= 11 is 0. The molecule has 18 heavy (non-hydrogen) atoms. The Kier molecular flexibility index (Phi) is 5.84. The minimum atomic E-state index is -1.12. The van der Waals surface area contributed by atoms with Crippen LogP contribution in [-0.4, -0.2) is 23.1 Å². The Balaban J connectivity index is 0.00000289. The molecule has 0 saturated carbocycles. The van der Waals surface area contributed by atoms with Crippen molar-refractivity contribution in [2.75, 3.05) is 7.11 Å². The second-order valence-electron chi connectivity index (χ2n) is 3.31. The molecule has 0 aliphatic heterocycles. The van der Waals surface area contributed by atoms with Crippen molar-refractivity contribution in [2.45, 2.75) is 6.92 Å². The second-order valence-corrected chi connectivity index (χ2v) is 3.31. The topological polar surface area (TPSA) is 89.7 Å². The third-order valence-electron chi connectivity index (χ3n) is 2.14. The molecule has 0 saturated heterocycles. The van der Waals surface area contributed by atoms with Crippen molar-refractivity contribution >= 4 is 30.1 Å². The molecule has 1 rings (SSSR count). The fourth-order valence-corrected chi connectivity index (χ4v) is 1.23.